The number of carbonyl (C=O) groups is 1. The molecule has 0 unspecified atom stereocenters. The molecule has 0 aliphatic carbocycles. The van der Waals surface area contributed by atoms with Crippen LogP contribution < -0.4 is 10.1 Å². The van der Waals surface area contributed by atoms with Crippen LogP contribution in [0.2, 0.25) is 10.0 Å². The van der Waals surface area contributed by atoms with Crippen molar-refractivity contribution in [2.45, 2.75) is 5.16 Å². The number of carbonyl (C=O) groups excluding carboxylic acids is 1. The van der Waals surface area contributed by atoms with Crippen molar-refractivity contribution in [3.8, 4) is 17.1 Å². The smallest absolute Gasteiger partial charge is 0.234 e. The fraction of sp³-hybridized carbons (Fsp3) is 0.167. The molecular formula is C18H16Cl2N4O2S. The normalized spacial score (nSPS) is 10.7. The Morgan fingerprint density at radius 1 is 1.19 bits per heavy atom. The Morgan fingerprint density at radius 3 is 2.59 bits per heavy atom. The second kappa shape index (κ2) is 8.65. The van der Waals surface area contributed by atoms with E-state index in [2.05, 4.69) is 15.5 Å². The summed E-state index contributed by atoms with van der Waals surface area (Å²) in [6.45, 7) is 0. The summed E-state index contributed by atoms with van der Waals surface area (Å²) in [7, 11) is 3.45. The van der Waals surface area contributed by atoms with E-state index in [1.54, 1.807) is 25.3 Å². The molecule has 2 aromatic carbocycles. The molecule has 0 saturated heterocycles. The Bertz CT molecular complexity index is 957. The van der Waals surface area contributed by atoms with E-state index in [4.69, 9.17) is 27.9 Å². The van der Waals surface area contributed by atoms with Crippen molar-refractivity contribution >= 4 is 46.6 Å². The van der Waals surface area contributed by atoms with E-state index in [1.807, 2.05) is 35.9 Å². The zero-order valence-corrected chi connectivity index (χ0v) is 16.9. The van der Waals surface area contributed by atoms with E-state index in [0.29, 0.717) is 32.5 Å². The first-order valence-corrected chi connectivity index (χ1v) is 9.63. The summed E-state index contributed by atoms with van der Waals surface area (Å²) in [5.74, 6) is 1.35. The fourth-order valence-corrected chi connectivity index (χ4v) is 3.69. The zero-order chi connectivity index (χ0) is 19.4. The lowest BCUT2D eigenvalue weighted by Gasteiger charge is -2.08. The van der Waals surface area contributed by atoms with E-state index in [0.717, 1.165) is 5.56 Å². The third-order valence-corrected chi connectivity index (χ3v) is 5.12. The van der Waals surface area contributed by atoms with Gasteiger partial charge in [-0.2, -0.15) is 0 Å². The highest BCUT2D eigenvalue weighted by Crippen LogP contribution is 2.30. The summed E-state index contributed by atoms with van der Waals surface area (Å²) < 4.78 is 7.20. The number of methoxy groups -OCH3 is 1. The zero-order valence-electron chi connectivity index (χ0n) is 14.6. The van der Waals surface area contributed by atoms with Crippen molar-refractivity contribution in [2.24, 2.45) is 7.05 Å². The van der Waals surface area contributed by atoms with Crippen LogP contribution in [0.4, 0.5) is 5.69 Å². The second-order valence-corrected chi connectivity index (χ2v) is 7.38. The second-order valence-electron chi connectivity index (χ2n) is 5.56. The molecule has 0 aliphatic heterocycles. The Hall–Kier alpha value is -2.22. The third-order valence-electron chi connectivity index (χ3n) is 3.66. The minimum atomic E-state index is -0.194. The van der Waals surface area contributed by atoms with E-state index < -0.39 is 0 Å². The number of para-hydroxylation sites is 1. The highest BCUT2D eigenvalue weighted by molar-refractivity contribution is 7.99. The maximum Gasteiger partial charge on any atom is 0.234 e. The molecule has 0 atom stereocenters. The SMILES string of the molecule is COc1ccccc1-c1nnc(SCC(=O)Nc2cc(Cl)cc(Cl)c2)n1C. The van der Waals surface area contributed by atoms with E-state index in [1.165, 1.54) is 11.8 Å². The maximum atomic E-state index is 12.2. The number of anilines is 1. The van der Waals surface area contributed by atoms with Gasteiger partial charge in [0.2, 0.25) is 5.91 Å². The van der Waals surface area contributed by atoms with Crippen LogP contribution in [0.25, 0.3) is 11.4 Å². The van der Waals surface area contributed by atoms with Gasteiger partial charge in [0.15, 0.2) is 11.0 Å². The lowest BCUT2D eigenvalue weighted by atomic mass is 10.2. The fourth-order valence-electron chi connectivity index (χ4n) is 2.46. The van der Waals surface area contributed by atoms with Gasteiger partial charge in [0.1, 0.15) is 5.75 Å². The first-order valence-electron chi connectivity index (χ1n) is 7.89. The molecular weight excluding hydrogens is 407 g/mol. The molecule has 140 valence electrons. The van der Waals surface area contributed by atoms with Gasteiger partial charge in [-0.05, 0) is 30.3 Å². The number of nitrogens with zero attached hydrogens (tertiary/aromatic N) is 3. The number of ether oxygens (including phenoxy) is 1. The number of hydrogen-bond donors (Lipinski definition) is 1. The minimum Gasteiger partial charge on any atom is -0.496 e. The van der Waals surface area contributed by atoms with E-state index in [-0.39, 0.29) is 11.7 Å². The number of thioether (sulfide) groups is 1. The van der Waals surface area contributed by atoms with Crippen LogP contribution >= 0.6 is 35.0 Å². The lowest BCUT2D eigenvalue weighted by Crippen LogP contribution is -2.14. The van der Waals surface area contributed by atoms with Gasteiger partial charge in [0.25, 0.3) is 0 Å². The van der Waals surface area contributed by atoms with E-state index in [9.17, 15) is 4.79 Å². The topological polar surface area (TPSA) is 69.0 Å². The third kappa shape index (κ3) is 4.74. The van der Waals surface area contributed by atoms with Crippen LogP contribution in [0.3, 0.4) is 0 Å². The lowest BCUT2D eigenvalue weighted by molar-refractivity contribution is -0.113. The summed E-state index contributed by atoms with van der Waals surface area (Å²) in [5.41, 5.74) is 1.38. The monoisotopic (exact) mass is 422 g/mol. The molecule has 1 N–H and O–H groups in total. The molecule has 3 rings (SSSR count). The Kier molecular flexibility index (Phi) is 6.26. The largest absolute Gasteiger partial charge is 0.496 e. The number of benzene rings is 2. The molecule has 6 nitrogen and oxygen atoms in total. The highest BCUT2D eigenvalue weighted by Gasteiger charge is 2.16. The number of halogens is 2. The van der Waals surface area contributed by atoms with Crippen molar-refractivity contribution in [3.05, 3.63) is 52.5 Å². The average Bonchev–Trinajstić information content (AvgIpc) is 2.99. The molecule has 27 heavy (non-hydrogen) atoms. The molecule has 1 aromatic heterocycles. The standard InChI is InChI=1S/C18H16Cl2N4O2S/c1-24-17(14-5-3-4-6-15(14)26-2)22-23-18(24)27-10-16(25)21-13-8-11(19)7-12(20)9-13/h3-9H,10H2,1-2H3,(H,21,25). The van der Waals surface area contributed by atoms with Crippen LogP contribution in [-0.4, -0.2) is 33.5 Å². The van der Waals surface area contributed by atoms with Gasteiger partial charge in [-0.25, -0.2) is 0 Å². The van der Waals surface area contributed by atoms with Gasteiger partial charge in [0.05, 0.1) is 18.4 Å². The molecule has 0 bridgehead atoms. The summed E-state index contributed by atoms with van der Waals surface area (Å²) in [5, 5.41) is 12.7. The molecule has 0 aliphatic rings. The molecule has 1 amide bonds. The van der Waals surface area contributed by atoms with Crippen LogP contribution in [0.1, 0.15) is 0 Å². The van der Waals surface area contributed by atoms with Crippen LogP contribution in [-0.2, 0) is 11.8 Å². The molecule has 0 saturated carbocycles. The van der Waals surface area contributed by atoms with Crippen molar-refractivity contribution in [3.63, 3.8) is 0 Å². The molecule has 9 heteroatoms. The predicted octanol–water partition coefficient (Wildman–Crippen LogP) is 4.53. The van der Waals surface area contributed by atoms with Crippen molar-refractivity contribution in [1.82, 2.24) is 14.8 Å². The molecule has 0 radical (unpaired) electrons. The minimum absolute atomic E-state index is 0.169. The van der Waals surface area contributed by atoms with Gasteiger partial charge < -0.3 is 14.6 Å². The first kappa shape index (κ1) is 19.5. The van der Waals surface area contributed by atoms with Crippen LogP contribution in [0.15, 0.2) is 47.6 Å². The molecule has 0 spiro atoms. The van der Waals surface area contributed by atoms with E-state index >= 15 is 0 Å². The van der Waals surface area contributed by atoms with Gasteiger partial charge in [-0.3, -0.25) is 4.79 Å². The van der Waals surface area contributed by atoms with Gasteiger partial charge in [-0.15, -0.1) is 10.2 Å². The van der Waals surface area contributed by atoms with Crippen LogP contribution in [0, 0.1) is 0 Å². The van der Waals surface area contributed by atoms with Gasteiger partial charge in [0, 0.05) is 22.8 Å². The molecule has 1 heterocycles. The Balaban J connectivity index is 1.68. The Morgan fingerprint density at radius 2 is 1.89 bits per heavy atom. The highest BCUT2D eigenvalue weighted by atomic mass is 35.5. The number of rotatable bonds is 6. The van der Waals surface area contributed by atoms with Gasteiger partial charge in [-0.1, -0.05) is 47.1 Å². The molecule has 3 aromatic rings. The van der Waals surface area contributed by atoms with Crippen molar-refractivity contribution in [1.29, 1.82) is 0 Å². The molecule has 0 fully saturated rings. The quantitative estimate of drug-likeness (QED) is 0.590. The predicted molar refractivity (Wildman–Crippen MR) is 109 cm³/mol. The van der Waals surface area contributed by atoms with Gasteiger partial charge >= 0.3 is 0 Å². The summed E-state index contributed by atoms with van der Waals surface area (Å²) in [6, 6.07) is 12.4. The number of hydrogen-bond acceptors (Lipinski definition) is 5. The maximum absolute atomic E-state index is 12.2. The van der Waals surface area contributed by atoms with Crippen molar-refractivity contribution < 1.29 is 9.53 Å². The number of aromatic nitrogens is 3. The van der Waals surface area contributed by atoms with Crippen LogP contribution in [0.5, 0.6) is 5.75 Å². The summed E-state index contributed by atoms with van der Waals surface area (Å²) in [6.07, 6.45) is 0. The summed E-state index contributed by atoms with van der Waals surface area (Å²) >= 11 is 13.2. The average molecular weight is 423 g/mol. The Labute approximate surface area is 170 Å². The first-order chi connectivity index (χ1) is 13.0. The summed E-state index contributed by atoms with van der Waals surface area (Å²) in [4.78, 5) is 12.2. The van der Waals surface area contributed by atoms with Crippen molar-refractivity contribution in [2.75, 3.05) is 18.2 Å². The number of amides is 1. The number of nitrogens with one attached hydrogen (secondary N) is 1.